The maximum absolute atomic E-state index is 5.81. The van der Waals surface area contributed by atoms with Crippen molar-refractivity contribution in [3.63, 3.8) is 0 Å². The second-order valence-electron chi connectivity index (χ2n) is 4.11. The van der Waals surface area contributed by atoms with Crippen LogP contribution in [0.4, 0.5) is 0 Å². The first-order chi connectivity index (χ1) is 8.56. The Balaban J connectivity index is 0.00000324. The van der Waals surface area contributed by atoms with Gasteiger partial charge in [-0.05, 0) is 31.5 Å². The van der Waals surface area contributed by atoms with Gasteiger partial charge in [-0.25, -0.2) is 4.99 Å². The first-order valence-corrected chi connectivity index (χ1v) is 6.75. The van der Waals surface area contributed by atoms with E-state index in [4.69, 9.17) is 10.5 Å². The van der Waals surface area contributed by atoms with E-state index < -0.39 is 0 Å². The van der Waals surface area contributed by atoms with Crippen molar-refractivity contribution in [2.45, 2.75) is 32.9 Å². The fourth-order valence-electron chi connectivity index (χ4n) is 1.44. The second-order valence-corrected chi connectivity index (χ2v) is 5.03. The van der Waals surface area contributed by atoms with Gasteiger partial charge in [-0.2, -0.15) is 0 Å². The van der Waals surface area contributed by atoms with Gasteiger partial charge in [0.2, 0.25) is 0 Å². The van der Waals surface area contributed by atoms with Gasteiger partial charge in [0.1, 0.15) is 5.75 Å². The number of methoxy groups -OCH3 is 1. The normalized spacial score (nSPS) is 12.5. The molecule has 19 heavy (non-hydrogen) atoms. The molecule has 1 atom stereocenters. The van der Waals surface area contributed by atoms with Crippen LogP contribution in [0.25, 0.3) is 0 Å². The van der Waals surface area contributed by atoms with Gasteiger partial charge in [-0.3, -0.25) is 0 Å². The Hall–Kier alpha value is -0.500. The summed E-state index contributed by atoms with van der Waals surface area (Å²) >= 11 is 3.43. The van der Waals surface area contributed by atoms with Crippen LogP contribution in [-0.4, -0.2) is 19.1 Å². The monoisotopic (exact) mass is 441 g/mol. The molecule has 3 N–H and O–H groups in total. The molecule has 0 radical (unpaired) electrons. The van der Waals surface area contributed by atoms with Crippen LogP contribution in [0, 0.1) is 0 Å². The van der Waals surface area contributed by atoms with E-state index in [0.29, 0.717) is 18.5 Å². The van der Waals surface area contributed by atoms with Gasteiger partial charge in [-0.1, -0.05) is 22.9 Å². The molecule has 0 amide bonds. The number of ether oxygens (including phenoxy) is 1. The van der Waals surface area contributed by atoms with Gasteiger partial charge in [0, 0.05) is 16.1 Å². The van der Waals surface area contributed by atoms with Crippen molar-refractivity contribution in [3.05, 3.63) is 28.2 Å². The second kappa shape index (κ2) is 9.41. The molecule has 0 fully saturated rings. The molecule has 0 aliphatic heterocycles. The van der Waals surface area contributed by atoms with E-state index in [-0.39, 0.29) is 24.0 Å². The van der Waals surface area contributed by atoms with Gasteiger partial charge >= 0.3 is 0 Å². The number of halogens is 2. The third-order valence-corrected chi connectivity index (χ3v) is 3.16. The fourth-order valence-corrected chi connectivity index (χ4v) is 1.85. The minimum atomic E-state index is 0. The number of aliphatic imine (C=N–C) groups is 1. The van der Waals surface area contributed by atoms with Crippen LogP contribution in [0.1, 0.15) is 25.8 Å². The molecule has 0 heterocycles. The highest BCUT2D eigenvalue weighted by Gasteiger charge is 2.04. The van der Waals surface area contributed by atoms with Crippen LogP contribution < -0.4 is 15.8 Å². The quantitative estimate of drug-likeness (QED) is 0.418. The van der Waals surface area contributed by atoms with E-state index in [9.17, 15) is 0 Å². The molecule has 6 heteroatoms. The van der Waals surface area contributed by atoms with Crippen LogP contribution in [0.2, 0.25) is 0 Å². The topological polar surface area (TPSA) is 59.6 Å². The number of nitrogens with two attached hydrogens (primary N) is 1. The van der Waals surface area contributed by atoms with Gasteiger partial charge in [0.15, 0.2) is 5.96 Å². The van der Waals surface area contributed by atoms with E-state index in [0.717, 1.165) is 22.2 Å². The molecule has 0 spiro atoms. The van der Waals surface area contributed by atoms with Crippen molar-refractivity contribution in [2.75, 3.05) is 7.11 Å². The summed E-state index contributed by atoms with van der Waals surface area (Å²) in [6.07, 6.45) is 1.01. The Labute approximate surface area is 140 Å². The summed E-state index contributed by atoms with van der Waals surface area (Å²) in [5.74, 6) is 1.28. The molecule has 4 nitrogen and oxygen atoms in total. The molecular weight excluding hydrogens is 421 g/mol. The lowest BCUT2D eigenvalue weighted by Gasteiger charge is -2.12. The van der Waals surface area contributed by atoms with Crippen molar-refractivity contribution in [3.8, 4) is 5.75 Å². The highest BCUT2D eigenvalue weighted by atomic mass is 127. The van der Waals surface area contributed by atoms with E-state index in [1.165, 1.54) is 0 Å². The molecule has 0 saturated carbocycles. The Morgan fingerprint density at radius 3 is 2.79 bits per heavy atom. The zero-order valence-corrected chi connectivity index (χ0v) is 15.4. The van der Waals surface area contributed by atoms with Crippen LogP contribution in [0.15, 0.2) is 27.7 Å². The summed E-state index contributed by atoms with van der Waals surface area (Å²) in [5.41, 5.74) is 6.81. The third kappa shape index (κ3) is 6.47. The molecule has 0 aromatic heterocycles. The zero-order chi connectivity index (χ0) is 13.5. The maximum atomic E-state index is 5.81. The van der Waals surface area contributed by atoms with Crippen molar-refractivity contribution in [1.82, 2.24) is 5.32 Å². The van der Waals surface area contributed by atoms with E-state index in [2.05, 4.69) is 40.1 Å². The number of nitrogens with zero attached hydrogens (tertiary/aromatic N) is 1. The number of hydrogen-bond donors (Lipinski definition) is 2. The van der Waals surface area contributed by atoms with Crippen LogP contribution in [0.3, 0.4) is 0 Å². The van der Waals surface area contributed by atoms with Crippen molar-refractivity contribution < 1.29 is 4.74 Å². The molecule has 0 saturated heterocycles. The molecular formula is C13H21BrIN3O. The Morgan fingerprint density at radius 1 is 1.53 bits per heavy atom. The summed E-state index contributed by atoms with van der Waals surface area (Å²) in [6.45, 7) is 4.67. The molecule has 1 rings (SSSR count). The van der Waals surface area contributed by atoms with Crippen LogP contribution in [0.5, 0.6) is 5.75 Å². The lowest BCUT2D eigenvalue weighted by Crippen LogP contribution is -2.38. The highest BCUT2D eigenvalue weighted by molar-refractivity contribution is 14.0. The summed E-state index contributed by atoms with van der Waals surface area (Å²) in [7, 11) is 1.65. The summed E-state index contributed by atoms with van der Waals surface area (Å²) in [5, 5.41) is 3.13. The van der Waals surface area contributed by atoms with Crippen molar-refractivity contribution in [1.29, 1.82) is 0 Å². The van der Waals surface area contributed by atoms with Gasteiger partial charge in [0.25, 0.3) is 0 Å². The predicted octanol–water partition coefficient (Wildman–Crippen LogP) is 3.28. The smallest absolute Gasteiger partial charge is 0.189 e. The number of rotatable bonds is 5. The molecule has 1 aromatic carbocycles. The fraction of sp³-hybridized carbons (Fsp3) is 0.462. The summed E-state index contributed by atoms with van der Waals surface area (Å²) in [4.78, 5) is 4.31. The van der Waals surface area contributed by atoms with Gasteiger partial charge in [-0.15, -0.1) is 24.0 Å². The number of nitrogens with one attached hydrogen (secondary N) is 1. The molecule has 1 aromatic rings. The highest BCUT2D eigenvalue weighted by Crippen LogP contribution is 2.23. The largest absolute Gasteiger partial charge is 0.496 e. The number of hydrogen-bond acceptors (Lipinski definition) is 2. The average Bonchev–Trinajstić information content (AvgIpc) is 2.36. The van der Waals surface area contributed by atoms with Gasteiger partial charge < -0.3 is 15.8 Å². The van der Waals surface area contributed by atoms with Gasteiger partial charge in [0.05, 0.1) is 13.7 Å². The van der Waals surface area contributed by atoms with Crippen LogP contribution in [-0.2, 0) is 6.54 Å². The Morgan fingerprint density at radius 2 is 2.21 bits per heavy atom. The molecule has 0 aliphatic rings. The SMILES string of the molecule is CCC(C)NC(N)=NCc1cc(Br)ccc1OC.I. The minimum absolute atomic E-state index is 0. The standard InChI is InChI=1S/C13H20BrN3O.HI/c1-4-9(2)17-13(15)16-8-10-7-11(14)5-6-12(10)18-3;/h5-7,9H,4,8H2,1-3H3,(H3,15,16,17);1H. The van der Waals surface area contributed by atoms with E-state index in [1.807, 2.05) is 18.2 Å². The first kappa shape index (κ1) is 18.5. The molecule has 0 bridgehead atoms. The number of guanidine groups is 1. The Bertz CT molecular complexity index is 426. The maximum Gasteiger partial charge on any atom is 0.189 e. The third-order valence-electron chi connectivity index (χ3n) is 2.67. The summed E-state index contributed by atoms with van der Waals surface area (Å²) in [6, 6.07) is 6.16. The zero-order valence-electron chi connectivity index (χ0n) is 11.4. The van der Waals surface area contributed by atoms with Crippen molar-refractivity contribution >= 4 is 45.9 Å². The van der Waals surface area contributed by atoms with Crippen molar-refractivity contribution in [2.24, 2.45) is 10.7 Å². The average molecular weight is 442 g/mol. The lowest BCUT2D eigenvalue weighted by molar-refractivity contribution is 0.409. The summed E-state index contributed by atoms with van der Waals surface area (Å²) < 4.78 is 6.29. The molecule has 0 aliphatic carbocycles. The van der Waals surface area contributed by atoms with E-state index in [1.54, 1.807) is 7.11 Å². The molecule has 108 valence electrons. The van der Waals surface area contributed by atoms with E-state index >= 15 is 0 Å². The first-order valence-electron chi connectivity index (χ1n) is 5.95. The minimum Gasteiger partial charge on any atom is -0.496 e. The predicted molar refractivity (Wildman–Crippen MR) is 94.3 cm³/mol. The lowest BCUT2D eigenvalue weighted by atomic mass is 10.2. The van der Waals surface area contributed by atoms with Crippen LogP contribution >= 0.6 is 39.9 Å². The molecule has 1 unspecified atom stereocenters. The Kier molecular flexibility index (Phi) is 9.16. The number of benzene rings is 1.